The Balaban J connectivity index is 1.13. The summed E-state index contributed by atoms with van der Waals surface area (Å²) < 4.78 is 20.9. The van der Waals surface area contributed by atoms with Gasteiger partial charge in [-0.15, -0.1) is 0 Å². The van der Waals surface area contributed by atoms with E-state index in [1.807, 2.05) is 17.0 Å². The van der Waals surface area contributed by atoms with Crippen molar-refractivity contribution < 1.29 is 43.2 Å². The highest BCUT2D eigenvalue weighted by Gasteiger charge is 2.11. The number of nitro benzene ring substituents is 1. The Morgan fingerprint density at radius 2 is 1.19 bits per heavy atom. The van der Waals surface area contributed by atoms with Gasteiger partial charge >= 0.3 is 11.9 Å². The van der Waals surface area contributed by atoms with Crippen molar-refractivity contribution in [2.45, 2.75) is 13.2 Å². The maximum Gasteiger partial charge on any atom is 0.339 e. The number of azo groups is 1. The molecule has 0 saturated heterocycles. The Morgan fingerprint density at radius 1 is 0.648 bits per heavy atom. The highest BCUT2D eigenvalue weighted by molar-refractivity contribution is 5.90. The first-order valence-electron chi connectivity index (χ1n) is 16.6. The molecule has 0 aliphatic heterocycles. The monoisotopic (exact) mass is 734 g/mol. The molecule has 54 heavy (non-hydrogen) atoms. The smallest absolute Gasteiger partial charge is 0.339 e. The minimum Gasteiger partial charge on any atom is -0.460 e. The Labute approximate surface area is 312 Å². The molecule has 0 aliphatic carbocycles. The molecular formula is C40H38N4O10. The van der Waals surface area contributed by atoms with Crippen molar-refractivity contribution in [1.29, 1.82) is 0 Å². The summed E-state index contributed by atoms with van der Waals surface area (Å²) in [6.07, 6.45) is 0. The van der Waals surface area contributed by atoms with Crippen LogP contribution in [0.2, 0.25) is 0 Å². The van der Waals surface area contributed by atoms with Gasteiger partial charge in [0.2, 0.25) is 0 Å². The number of methoxy groups -OCH3 is 2. The molecule has 4 aromatic rings. The van der Waals surface area contributed by atoms with Crippen molar-refractivity contribution in [2.75, 3.05) is 58.6 Å². The Hall–Kier alpha value is -6.42. The van der Waals surface area contributed by atoms with Gasteiger partial charge in [-0.25, -0.2) is 19.4 Å². The molecule has 0 fully saturated rings. The first-order chi connectivity index (χ1) is 26.4. The number of nitrogens with zero attached hydrogens (tertiary/aromatic N) is 4. The normalized spacial score (nSPS) is 10.5. The van der Waals surface area contributed by atoms with Crippen molar-refractivity contribution in [2.24, 2.45) is 10.2 Å². The summed E-state index contributed by atoms with van der Waals surface area (Å²) in [6.45, 7) is 2.09. The Bertz CT molecular complexity index is 1960. The molecule has 0 radical (unpaired) electrons. The lowest BCUT2D eigenvalue weighted by Gasteiger charge is -2.24. The number of nitro groups is 1. The second-order valence-corrected chi connectivity index (χ2v) is 11.1. The average Bonchev–Trinajstić information content (AvgIpc) is 3.20. The summed E-state index contributed by atoms with van der Waals surface area (Å²) >= 11 is 0. The van der Waals surface area contributed by atoms with Crippen LogP contribution in [0.3, 0.4) is 0 Å². The predicted octanol–water partition coefficient (Wildman–Crippen LogP) is 6.78. The fourth-order valence-corrected chi connectivity index (χ4v) is 4.56. The van der Waals surface area contributed by atoms with Crippen LogP contribution in [0.5, 0.6) is 0 Å². The van der Waals surface area contributed by atoms with Crippen molar-refractivity contribution >= 4 is 34.7 Å². The molecule has 4 aromatic carbocycles. The van der Waals surface area contributed by atoms with Crippen LogP contribution in [0.4, 0.5) is 22.7 Å². The molecule has 4 rings (SSSR count). The summed E-state index contributed by atoms with van der Waals surface area (Å²) in [6, 6.07) is 26.8. The van der Waals surface area contributed by atoms with Gasteiger partial charge in [0.1, 0.15) is 19.8 Å². The van der Waals surface area contributed by atoms with E-state index in [1.54, 1.807) is 74.9 Å². The second-order valence-electron chi connectivity index (χ2n) is 11.1. The number of carbonyl (C=O) groups excluding carboxylic acids is 2. The van der Waals surface area contributed by atoms with Crippen molar-refractivity contribution in [1.82, 2.24) is 0 Å². The van der Waals surface area contributed by atoms with E-state index >= 15 is 0 Å². The molecule has 0 N–H and O–H groups in total. The minimum absolute atomic E-state index is 0.0181. The quantitative estimate of drug-likeness (QED) is 0.0190. The highest BCUT2D eigenvalue weighted by Crippen LogP contribution is 2.24. The molecule has 0 unspecified atom stereocenters. The molecule has 0 aliphatic rings. The van der Waals surface area contributed by atoms with Crippen LogP contribution in [0, 0.1) is 33.8 Å². The molecule has 0 atom stereocenters. The van der Waals surface area contributed by atoms with Crippen LogP contribution in [0.1, 0.15) is 31.8 Å². The number of carbonyl (C=O) groups is 2. The fraction of sp³-hybridized carbons (Fsp3) is 0.250. The van der Waals surface area contributed by atoms with Gasteiger partial charge in [-0.1, -0.05) is 30.2 Å². The standard InChI is InChI=1S/C40H38N4O10/c1-49-27-23-43(37-19-15-35(16-20-37)41-42-36-17-21-38(22-18-36)44(47)48)24-28-52-40(46)34-13-9-32(10-14-34)30-54-53-26-6-4-3-5-25-51-39(45)33-11-7-31(8-12-33)29-50-2/h7-22H,23-30H2,1-2H3. The van der Waals surface area contributed by atoms with Crippen molar-refractivity contribution in [3.8, 4) is 23.7 Å². The summed E-state index contributed by atoms with van der Waals surface area (Å²) in [5, 5.41) is 19.2. The van der Waals surface area contributed by atoms with E-state index in [1.165, 1.54) is 24.3 Å². The Morgan fingerprint density at radius 3 is 1.76 bits per heavy atom. The lowest BCUT2D eigenvalue weighted by molar-refractivity contribution is -0.384. The SMILES string of the molecule is COCCN(CCOC(=O)c1ccc(COOCC#CC#CCOC(=O)c2ccc(COC)cc2)cc1)c1ccc(N=Nc2ccc([N+](=O)[O-])cc2)cc1. The van der Waals surface area contributed by atoms with E-state index in [0.717, 1.165) is 16.8 Å². The number of anilines is 1. The van der Waals surface area contributed by atoms with E-state index in [0.29, 0.717) is 48.8 Å². The lowest BCUT2D eigenvalue weighted by Crippen LogP contribution is -2.31. The molecule has 14 nitrogen and oxygen atoms in total. The summed E-state index contributed by atoms with van der Waals surface area (Å²) in [7, 11) is 3.22. The number of esters is 2. The van der Waals surface area contributed by atoms with Crippen molar-refractivity contribution in [3.05, 3.63) is 129 Å². The molecule has 0 aromatic heterocycles. The van der Waals surface area contributed by atoms with Gasteiger partial charge in [0.05, 0.1) is 47.2 Å². The van der Waals surface area contributed by atoms with E-state index in [-0.39, 0.29) is 32.1 Å². The van der Waals surface area contributed by atoms with Crippen LogP contribution in [-0.2, 0) is 41.9 Å². The van der Waals surface area contributed by atoms with Crippen LogP contribution in [0.25, 0.3) is 0 Å². The largest absolute Gasteiger partial charge is 0.460 e. The van der Waals surface area contributed by atoms with Gasteiger partial charge in [-0.05, 0) is 89.6 Å². The fourth-order valence-electron chi connectivity index (χ4n) is 4.56. The molecule has 278 valence electrons. The van der Waals surface area contributed by atoms with Gasteiger partial charge in [0.15, 0.2) is 6.61 Å². The summed E-state index contributed by atoms with van der Waals surface area (Å²) in [5.74, 6) is 9.57. The maximum absolute atomic E-state index is 12.7. The van der Waals surface area contributed by atoms with Gasteiger partial charge in [-0.2, -0.15) is 10.2 Å². The van der Waals surface area contributed by atoms with Gasteiger partial charge in [0.25, 0.3) is 5.69 Å². The van der Waals surface area contributed by atoms with Crippen LogP contribution in [0.15, 0.2) is 107 Å². The molecule has 14 heteroatoms. The molecule has 0 saturated carbocycles. The third-order valence-electron chi connectivity index (χ3n) is 7.36. The van der Waals surface area contributed by atoms with Crippen LogP contribution in [-0.4, -0.2) is 70.6 Å². The first kappa shape index (κ1) is 40.4. The molecule has 0 bridgehead atoms. The number of rotatable bonds is 19. The average molecular weight is 735 g/mol. The van der Waals surface area contributed by atoms with E-state index < -0.39 is 16.9 Å². The number of hydrogen-bond donors (Lipinski definition) is 0. The third kappa shape index (κ3) is 14.0. The van der Waals surface area contributed by atoms with E-state index in [9.17, 15) is 19.7 Å². The zero-order valence-electron chi connectivity index (χ0n) is 29.8. The second kappa shape index (κ2) is 22.5. The predicted molar refractivity (Wildman–Crippen MR) is 198 cm³/mol. The van der Waals surface area contributed by atoms with Gasteiger partial charge < -0.3 is 23.8 Å². The maximum atomic E-state index is 12.7. The first-order valence-corrected chi connectivity index (χ1v) is 16.6. The third-order valence-corrected chi connectivity index (χ3v) is 7.36. The zero-order valence-corrected chi connectivity index (χ0v) is 29.8. The number of non-ortho nitro benzene ring substituents is 1. The van der Waals surface area contributed by atoms with E-state index in [2.05, 4.69) is 33.9 Å². The van der Waals surface area contributed by atoms with Gasteiger partial charge in [0, 0.05) is 38.6 Å². The molecular weight excluding hydrogens is 696 g/mol. The van der Waals surface area contributed by atoms with Crippen molar-refractivity contribution in [3.63, 3.8) is 0 Å². The van der Waals surface area contributed by atoms with Gasteiger partial charge in [-0.3, -0.25) is 10.1 Å². The zero-order chi connectivity index (χ0) is 38.4. The summed E-state index contributed by atoms with van der Waals surface area (Å²) in [5.41, 5.74) is 4.49. The highest BCUT2D eigenvalue weighted by atomic mass is 17.2. The number of benzene rings is 4. The van der Waals surface area contributed by atoms with E-state index in [4.69, 9.17) is 28.7 Å². The number of hydrogen-bond acceptors (Lipinski definition) is 13. The minimum atomic E-state index is -0.477. The lowest BCUT2D eigenvalue weighted by atomic mass is 10.1. The van der Waals surface area contributed by atoms with Crippen LogP contribution >= 0.6 is 0 Å². The Kier molecular flexibility index (Phi) is 16.8. The van der Waals surface area contributed by atoms with Crippen LogP contribution < -0.4 is 4.90 Å². The number of ether oxygens (including phenoxy) is 4. The molecule has 0 spiro atoms. The topological polar surface area (TPSA) is 161 Å². The molecule has 0 heterocycles. The molecule has 0 amide bonds. The summed E-state index contributed by atoms with van der Waals surface area (Å²) in [4.78, 5) is 47.4.